The maximum absolute atomic E-state index is 13.4. The third-order valence-electron chi connectivity index (χ3n) is 3.58. The summed E-state index contributed by atoms with van der Waals surface area (Å²) in [7, 11) is 0. The second-order valence-corrected chi connectivity index (χ2v) is 5.53. The number of rotatable bonds is 3. The number of carbonyl (C=O) groups is 1. The van der Waals surface area contributed by atoms with Crippen molar-refractivity contribution in [3.05, 3.63) is 35.6 Å². The SMILES string of the molecule is CCOC(=O)[C@H]1[C@H](c2ccc(F)cc2)NC(=S)N[C@@]1(O)C(F)(F)F. The molecule has 1 heterocycles. The lowest BCUT2D eigenvalue weighted by molar-refractivity contribution is -0.292. The number of hydrogen-bond donors (Lipinski definition) is 3. The van der Waals surface area contributed by atoms with Crippen molar-refractivity contribution >= 4 is 23.3 Å². The highest BCUT2D eigenvalue weighted by Gasteiger charge is 2.66. The van der Waals surface area contributed by atoms with Crippen LogP contribution in [0.25, 0.3) is 0 Å². The first-order chi connectivity index (χ1) is 11.1. The average Bonchev–Trinajstić information content (AvgIpc) is 2.46. The molecule has 3 atom stereocenters. The monoisotopic (exact) mass is 366 g/mol. The molecule has 5 nitrogen and oxygen atoms in total. The van der Waals surface area contributed by atoms with E-state index in [1.165, 1.54) is 19.1 Å². The maximum atomic E-state index is 13.4. The number of nitrogens with one attached hydrogen (secondary N) is 2. The Kier molecular flexibility index (Phi) is 5.00. The van der Waals surface area contributed by atoms with Crippen LogP contribution in [0.5, 0.6) is 0 Å². The molecule has 0 saturated carbocycles. The molecule has 10 heteroatoms. The number of benzene rings is 1. The lowest BCUT2D eigenvalue weighted by Gasteiger charge is -2.45. The smallest absolute Gasteiger partial charge is 0.437 e. The van der Waals surface area contributed by atoms with E-state index in [2.05, 4.69) is 10.1 Å². The second-order valence-electron chi connectivity index (χ2n) is 5.12. The van der Waals surface area contributed by atoms with Crippen LogP contribution in [0.2, 0.25) is 0 Å². The quantitative estimate of drug-likeness (QED) is 0.430. The predicted octanol–water partition coefficient (Wildman–Crippen LogP) is 1.77. The van der Waals surface area contributed by atoms with E-state index >= 15 is 0 Å². The summed E-state index contributed by atoms with van der Waals surface area (Å²) in [4.78, 5) is 12.1. The third kappa shape index (κ3) is 3.29. The highest BCUT2D eigenvalue weighted by molar-refractivity contribution is 7.80. The highest BCUT2D eigenvalue weighted by atomic mass is 32.1. The Morgan fingerprint density at radius 3 is 2.46 bits per heavy atom. The van der Waals surface area contributed by atoms with Crippen LogP contribution < -0.4 is 10.6 Å². The van der Waals surface area contributed by atoms with Crippen LogP contribution >= 0.6 is 12.2 Å². The van der Waals surface area contributed by atoms with Gasteiger partial charge in [0.15, 0.2) is 5.11 Å². The Morgan fingerprint density at radius 1 is 1.38 bits per heavy atom. The lowest BCUT2D eigenvalue weighted by Crippen LogP contribution is -2.73. The summed E-state index contributed by atoms with van der Waals surface area (Å²) < 4.78 is 58.1. The molecule has 0 radical (unpaired) electrons. The van der Waals surface area contributed by atoms with Crippen molar-refractivity contribution < 1.29 is 32.2 Å². The summed E-state index contributed by atoms with van der Waals surface area (Å²) in [5.41, 5.74) is -3.48. The Hall–Kier alpha value is -1.94. The van der Waals surface area contributed by atoms with Gasteiger partial charge in [-0.15, -0.1) is 0 Å². The van der Waals surface area contributed by atoms with E-state index in [1.807, 2.05) is 0 Å². The number of thiocarbonyl (C=S) groups is 1. The summed E-state index contributed by atoms with van der Waals surface area (Å²) in [6.45, 7) is 1.25. The average molecular weight is 366 g/mol. The molecule has 0 unspecified atom stereocenters. The summed E-state index contributed by atoms with van der Waals surface area (Å²) in [5.74, 6) is -3.96. The number of esters is 1. The number of hydrogen-bond acceptors (Lipinski definition) is 4. The molecule has 1 aromatic rings. The van der Waals surface area contributed by atoms with Gasteiger partial charge in [-0.25, -0.2) is 4.39 Å². The van der Waals surface area contributed by atoms with Crippen molar-refractivity contribution in [1.29, 1.82) is 0 Å². The minimum absolute atomic E-state index is 0.140. The van der Waals surface area contributed by atoms with Crippen molar-refractivity contribution in [3.8, 4) is 0 Å². The van der Waals surface area contributed by atoms with E-state index in [0.717, 1.165) is 12.1 Å². The molecule has 0 spiro atoms. The van der Waals surface area contributed by atoms with E-state index in [4.69, 9.17) is 12.2 Å². The fourth-order valence-corrected chi connectivity index (χ4v) is 2.77. The Bertz CT molecular complexity index is 638. The largest absolute Gasteiger partial charge is 0.466 e. The normalized spacial score (nSPS) is 27.2. The number of carbonyl (C=O) groups excluding carboxylic acids is 1. The van der Waals surface area contributed by atoms with Crippen LogP contribution in [0.3, 0.4) is 0 Å². The topological polar surface area (TPSA) is 70.6 Å². The molecule has 0 aromatic heterocycles. The Balaban J connectivity index is 2.55. The number of aliphatic hydroxyl groups is 1. The molecule has 1 aromatic carbocycles. The van der Waals surface area contributed by atoms with Gasteiger partial charge in [-0.2, -0.15) is 13.2 Å². The first kappa shape index (κ1) is 18.4. The molecule has 1 aliphatic heterocycles. The van der Waals surface area contributed by atoms with Gasteiger partial charge < -0.3 is 20.5 Å². The fraction of sp³-hybridized carbons (Fsp3) is 0.429. The molecule has 1 aliphatic rings. The first-order valence-corrected chi connectivity index (χ1v) is 7.31. The zero-order valence-corrected chi connectivity index (χ0v) is 13.2. The molecule has 1 fully saturated rings. The van der Waals surface area contributed by atoms with Crippen LogP contribution in [0, 0.1) is 11.7 Å². The molecule has 2 rings (SSSR count). The Morgan fingerprint density at radius 2 is 1.96 bits per heavy atom. The molecule has 0 amide bonds. The van der Waals surface area contributed by atoms with Gasteiger partial charge in [0.25, 0.3) is 5.72 Å². The van der Waals surface area contributed by atoms with Gasteiger partial charge in [0.1, 0.15) is 11.7 Å². The van der Waals surface area contributed by atoms with Crippen molar-refractivity contribution in [2.24, 2.45) is 5.92 Å². The van der Waals surface area contributed by atoms with Gasteiger partial charge in [-0.1, -0.05) is 12.1 Å². The molecule has 0 aliphatic carbocycles. The van der Waals surface area contributed by atoms with Gasteiger partial charge in [-0.05, 0) is 36.8 Å². The third-order valence-corrected chi connectivity index (χ3v) is 3.80. The standard InChI is InChI=1S/C14H14F4N2O3S/c1-2-23-11(21)9-10(7-3-5-8(15)6-4-7)19-12(24)20-13(9,22)14(16,17)18/h3-6,9-10,22H,2H2,1H3,(H2,19,20,24)/t9-,10+,13+/m1/s1. The Labute approximate surface area is 140 Å². The van der Waals surface area contributed by atoms with Gasteiger partial charge in [0.05, 0.1) is 12.6 Å². The van der Waals surface area contributed by atoms with Crippen molar-refractivity contribution in [2.75, 3.05) is 6.61 Å². The predicted molar refractivity (Wildman–Crippen MR) is 79.1 cm³/mol. The first-order valence-electron chi connectivity index (χ1n) is 6.90. The van der Waals surface area contributed by atoms with E-state index in [9.17, 15) is 27.5 Å². The van der Waals surface area contributed by atoms with Gasteiger partial charge in [0.2, 0.25) is 0 Å². The fourth-order valence-electron chi connectivity index (χ4n) is 2.48. The lowest BCUT2D eigenvalue weighted by atomic mass is 9.82. The molecule has 1 saturated heterocycles. The summed E-state index contributed by atoms with van der Waals surface area (Å²) in [6, 6.07) is 3.09. The molecule has 3 N–H and O–H groups in total. The van der Waals surface area contributed by atoms with E-state index < -0.39 is 40.8 Å². The number of halogens is 4. The van der Waals surface area contributed by atoms with Crippen LogP contribution in [0.4, 0.5) is 17.6 Å². The van der Waals surface area contributed by atoms with Crippen molar-refractivity contribution in [3.63, 3.8) is 0 Å². The molecule has 0 bridgehead atoms. The summed E-state index contributed by atoms with van der Waals surface area (Å²) in [5, 5.41) is 13.9. The second kappa shape index (κ2) is 6.52. The van der Waals surface area contributed by atoms with E-state index in [-0.39, 0.29) is 12.2 Å². The molecule has 132 valence electrons. The van der Waals surface area contributed by atoms with Gasteiger partial charge >= 0.3 is 12.1 Å². The number of ether oxygens (including phenoxy) is 1. The van der Waals surface area contributed by atoms with E-state index in [0.29, 0.717) is 0 Å². The van der Waals surface area contributed by atoms with Crippen LogP contribution in [0.1, 0.15) is 18.5 Å². The van der Waals surface area contributed by atoms with Gasteiger partial charge in [0, 0.05) is 0 Å². The maximum Gasteiger partial charge on any atom is 0.437 e. The zero-order valence-electron chi connectivity index (χ0n) is 12.4. The summed E-state index contributed by atoms with van der Waals surface area (Å²) >= 11 is 4.72. The van der Waals surface area contributed by atoms with Gasteiger partial charge in [-0.3, -0.25) is 4.79 Å². The highest BCUT2D eigenvalue weighted by Crippen LogP contribution is 2.43. The van der Waals surface area contributed by atoms with Crippen molar-refractivity contribution in [2.45, 2.75) is 24.9 Å². The van der Waals surface area contributed by atoms with Crippen LogP contribution in [-0.2, 0) is 9.53 Å². The molecule has 24 heavy (non-hydrogen) atoms. The summed E-state index contributed by atoms with van der Waals surface area (Å²) in [6.07, 6.45) is -5.21. The minimum atomic E-state index is -5.21. The molecular weight excluding hydrogens is 352 g/mol. The van der Waals surface area contributed by atoms with E-state index in [1.54, 1.807) is 5.32 Å². The van der Waals surface area contributed by atoms with Crippen LogP contribution in [-0.4, -0.2) is 34.7 Å². The number of alkyl halides is 3. The zero-order chi connectivity index (χ0) is 18.1. The van der Waals surface area contributed by atoms with Crippen LogP contribution in [0.15, 0.2) is 24.3 Å². The minimum Gasteiger partial charge on any atom is -0.466 e. The molecular formula is C14H14F4N2O3S. The van der Waals surface area contributed by atoms with Crippen molar-refractivity contribution in [1.82, 2.24) is 10.6 Å².